The van der Waals surface area contributed by atoms with Crippen molar-refractivity contribution in [3.05, 3.63) is 107 Å². The minimum Gasteiger partial charge on any atom is -0.330 e. The lowest BCUT2D eigenvalue weighted by molar-refractivity contribution is 0.0571. The molecule has 1 aliphatic rings. The van der Waals surface area contributed by atoms with Crippen molar-refractivity contribution in [2.75, 3.05) is 26.2 Å². The number of ketones is 2. The maximum absolute atomic E-state index is 13.9. The molecule has 1 fully saturated rings. The summed E-state index contributed by atoms with van der Waals surface area (Å²) in [6.07, 6.45) is 0.840. The molecule has 1 unspecified atom stereocenters. The maximum Gasteiger partial charge on any atom is 0.167 e. The molecule has 0 amide bonds. The number of rotatable bonds is 8. The summed E-state index contributed by atoms with van der Waals surface area (Å²) in [5, 5.41) is 0. The molecule has 0 radical (unpaired) electrons. The molecule has 2 N–H and O–H groups in total. The topological polar surface area (TPSA) is 63.4 Å². The average Bonchev–Trinajstić information content (AvgIpc) is 2.89. The van der Waals surface area contributed by atoms with E-state index >= 15 is 0 Å². The monoisotopic (exact) mass is 454 g/mol. The maximum atomic E-state index is 13.9. The summed E-state index contributed by atoms with van der Waals surface area (Å²) in [6.45, 7) is 6.84. The molecule has 1 aliphatic heterocycles. The molecule has 3 aromatic carbocycles. The van der Waals surface area contributed by atoms with Gasteiger partial charge in [0.2, 0.25) is 0 Å². The summed E-state index contributed by atoms with van der Waals surface area (Å²) in [7, 11) is 0. The van der Waals surface area contributed by atoms with Crippen molar-refractivity contribution in [3.63, 3.8) is 0 Å². The molecule has 4 rings (SSSR count). The average molecular weight is 455 g/mol. The number of likely N-dealkylation sites (tertiary alicyclic amines) is 1. The molecule has 0 saturated carbocycles. The third kappa shape index (κ3) is 5.03. The van der Waals surface area contributed by atoms with Crippen LogP contribution in [0.3, 0.4) is 0 Å². The summed E-state index contributed by atoms with van der Waals surface area (Å²) in [6, 6.07) is 25.3. The zero-order valence-corrected chi connectivity index (χ0v) is 20.1. The van der Waals surface area contributed by atoms with Gasteiger partial charge in [-0.1, -0.05) is 78.9 Å². The van der Waals surface area contributed by atoms with Gasteiger partial charge < -0.3 is 10.6 Å². The fourth-order valence-corrected chi connectivity index (χ4v) is 5.33. The highest BCUT2D eigenvalue weighted by Crippen LogP contribution is 2.42. The van der Waals surface area contributed by atoms with E-state index in [1.165, 1.54) is 11.1 Å². The van der Waals surface area contributed by atoms with Crippen LogP contribution in [0.1, 0.15) is 49.7 Å². The number of nitrogens with zero attached hydrogens (tertiary/aromatic N) is 1. The largest absolute Gasteiger partial charge is 0.330 e. The van der Waals surface area contributed by atoms with Crippen molar-refractivity contribution in [1.29, 1.82) is 0 Å². The van der Waals surface area contributed by atoms with Crippen LogP contribution < -0.4 is 5.73 Å². The van der Waals surface area contributed by atoms with Gasteiger partial charge in [-0.15, -0.1) is 0 Å². The first kappa shape index (κ1) is 24.1. The Hall–Kier alpha value is -3.08. The number of benzene rings is 3. The van der Waals surface area contributed by atoms with Gasteiger partial charge in [-0.3, -0.25) is 9.59 Å². The third-order valence-electron chi connectivity index (χ3n) is 7.25. The number of carbonyl (C=O) groups excluding carboxylic acids is 2. The molecule has 4 nitrogen and oxygen atoms in total. The predicted molar refractivity (Wildman–Crippen MR) is 137 cm³/mol. The first-order valence-electron chi connectivity index (χ1n) is 12.2. The molecule has 1 heterocycles. The normalized spacial score (nSPS) is 20.7. The molecule has 1 saturated heterocycles. The predicted octanol–water partition coefficient (Wildman–Crippen LogP) is 5.05. The number of hydrogen-bond acceptors (Lipinski definition) is 4. The van der Waals surface area contributed by atoms with Crippen LogP contribution in [0, 0.1) is 25.7 Å². The molecule has 4 heteroatoms. The zero-order chi connectivity index (χ0) is 24.1. The SMILES string of the molecule is Cc1cccc(C2[C@@H](C(=O)c3ccccc3)CN(CCCN)C[C@H]2C(=O)c2ccccc2)c1C. The number of carbonyl (C=O) groups is 2. The van der Waals surface area contributed by atoms with Gasteiger partial charge >= 0.3 is 0 Å². The van der Waals surface area contributed by atoms with Gasteiger partial charge in [-0.25, -0.2) is 0 Å². The van der Waals surface area contributed by atoms with E-state index in [0.29, 0.717) is 30.8 Å². The van der Waals surface area contributed by atoms with Crippen molar-refractivity contribution in [2.24, 2.45) is 17.6 Å². The zero-order valence-electron chi connectivity index (χ0n) is 20.1. The number of Topliss-reactive ketones (excluding diaryl/α,β-unsaturated/α-hetero) is 2. The second-order valence-corrected chi connectivity index (χ2v) is 9.39. The van der Waals surface area contributed by atoms with Crippen LogP contribution >= 0.6 is 0 Å². The lowest BCUT2D eigenvalue weighted by Crippen LogP contribution is -2.51. The highest BCUT2D eigenvalue weighted by Gasteiger charge is 2.45. The molecule has 3 aromatic rings. The fraction of sp³-hybridized carbons (Fsp3) is 0.333. The highest BCUT2D eigenvalue weighted by molar-refractivity contribution is 6.02. The Morgan fingerprint density at radius 2 is 1.32 bits per heavy atom. The lowest BCUT2D eigenvalue weighted by Gasteiger charge is -2.43. The molecule has 3 atom stereocenters. The summed E-state index contributed by atoms with van der Waals surface area (Å²) in [5.74, 6) is -0.599. The standard InChI is InChI=1S/C30H34N2O2/c1-21-11-9-16-25(22(21)2)28-26(29(33)23-12-5-3-6-13-23)19-32(18-10-17-31)20-27(28)30(34)24-14-7-4-8-15-24/h3-9,11-16,26-28H,10,17-20,31H2,1-2H3/t26-,27+,28?. The van der Waals surface area contributed by atoms with E-state index in [-0.39, 0.29) is 29.3 Å². The van der Waals surface area contributed by atoms with Gasteiger partial charge in [-0.2, -0.15) is 0 Å². The van der Waals surface area contributed by atoms with E-state index < -0.39 is 0 Å². The van der Waals surface area contributed by atoms with Crippen molar-refractivity contribution in [1.82, 2.24) is 4.90 Å². The van der Waals surface area contributed by atoms with E-state index in [4.69, 9.17) is 5.73 Å². The minimum absolute atomic E-state index is 0.106. The molecule has 0 bridgehead atoms. The first-order valence-corrected chi connectivity index (χ1v) is 12.2. The van der Waals surface area contributed by atoms with E-state index in [9.17, 15) is 9.59 Å². The van der Waals surface area contributed by atoms with Crippen LogP contribution in [0.2, 0.25) is 0 Å². The van der Waals surface area contributed by atoms with Crippen molar-refractivity contribution >= 4 is 11.6 Å². The summed E-state index contributed by atoms with van der Waals surface area (Å²) in [4.78, 5) is 30.2. The van der Waals surface area contributed by atoms with E-state index in [1.54, 1.807) is 0 Å². The van der Waals surface area contributed by atoms with Gasteiger partial charge in [0.1, 0.15) is 0 Å². The lowest BCUT2D eigenvalue weighted by atomic mass is 9.67. The molecule has 0 spiro atoms. The number of hydrogen-bond donors (Lipinski definition) is 1. The van der Waals surface area contributed by atoms with E-state index in [2.05, 4.69) is 30.9 Å². The highest BCUT2D eigenvalue weighted by atomic mass is 16.1. The van der Waals surface area contributed by atoms with Crippen molar-refractivity contribution < 1.29 is 9.59 Å². The summed E-state index contributed by atoms with van der Waals surface area (Å²) in [5.41, 5.74) is 10.7. The number of piperidine rings is 1. The van der Waals surface area contributed by atoms with Crippen LogP contribution in [0.4, 0.5) is 0 Å². The molecule has 0 aromatic heterocycles. The Labute approximate surface area is 202 Å². The summed E-state index contributed by atoms with van der Waals surface area (Å²) < 4.78 is 0. The van der Waals surface area contributed by atoms with Crippen molar-refractivity contribution in [2.45, 2.75) is 26.2 Å². The van der Waals surface area contributed by atoms with Gasteiger partial charge in [0.05, 0.1) is 0 Å². The van der Waals surface area contributed by atoms with Crippen LogP contribution in [-0.2, 0) is 0 Å². The van der Waals surface area contributed by atoms with Crippen LogP contribution in [-0.4, -0.2) is 42.6 Å². The van der Waals surface area contributed by atoms with E-state index in [1.807, 2.05) is 66.7 Å². The quantitative estimate of drug-likeness (QED) is 0.484. The number of nitrogens with two attached hydrogens (primary N) is 1. The summed E-state index contributed by atoms with van der Waals surface area (Å²) >= 11 is 0. The third-order valence-corrected chi connectivity index (χ3v) is 7.25. The van der Waals surface area contributed by atoms with Gasteiger partial charge in [0.25, 0.3) is 0 Å². The second-order valence-electron chi connectivity index (χ2n) is 9.39. The van der Waals surface area contributed by atoms with Crippen LogP contribution in [0.25, 0.3) is 0 Å². The van der Waals surface area contributed by atoms with Crippen LogP contribution in [0.15, 0.2) is 78.9 Å². The second kappa shape index (κ2) is 10.9. The molecule has 0 aliphatic carbocycles. The molecular formula is C30H34N2O2. The van der Waals surface area contributed by atoms with Gasteiger partial charge in [0, 0.05) is 42.0 Å². The molecule has 176 valence electrons. The Morgan fingerprint density at radius 1 is 0.794 bits per heavy atom. The smallest absolute Gasteiger partial charge is 0.167 e. The molecular weight excluding hydrogens is 420 g/mol. The molecule has 34 heavy (non-hydrogen) atoms. The van der Waals surface area contributed by atoms with Gasteiger partial charge in [-0.05, 0) is 50.0 Å². The fourth-order valence-electron chi connectivity index (χ4n) is 5.33. The minimum atomic E-state index is -0.313. The van der Waals surface area contributed by atoms with Gasteiger partial charge in [0.15, 0.2) is 11.6 Å². The van der Waals surface area contributed by atoms with E-state index in [0.717, 1.165) is 18.5 Å². The number of aryl methyl sites for hydroxylation is 1. The Kier molecular flexibility index (Phi) is 7.71. The Morgan fingerprint density at radius 3 is 1.82 bits per heavy atom. The van der Waals surface area contributed by atoms with Crippen LogP contribution in [0.5, 0.6) is 0 Å². The van der Waals surface area contributed by atoms with Crippen molar-refractivity contribution in [3.8, 4) is 0 Å². The first-order chi connectivity index (χ1) is 16.5. The Balaban J connectivity index is 1.83. The Bertz CT molecular complexity index is 1070.